The minimum Gasteiger partial charge on any atom is -0.378 e. The number of benzene rings is 1. The minimum absolute atomic E-state index is 0.333. The molecule has 0 aliphatic carbocycles. The highest BCUT2D eigenvalue weighted by Gasteiger charge is 2.11. The van der Waals surface area contributed by atoms with Gasteiger partial charge in [-0.1, -0.05) is 0 Å². The Morgan fingerprint density at radius 1 is 1.00 bits per heavy atom. The molecule has 0 saturated carbocycles. The molecule has 1 aliphatic heterocycles. The van der Waals surface area contributed by atoms with Gasteiger partial charge in [0.15, 0.2) is 0 Å². The number of morpholine rings is 1. The van der Waals surface area contributed by atoms with Crippen LogP contribution >= 0.6 is 0 Å². The summed E-state index contributed by atoms with van der Waals surface area (Å²) in [5.74, 6) is 0.470. The Labute approximate surface area is 133 Å². The largest absolute Gasteiger partial charge is 0.378 e. The number of rotatable bonds is 3. The van der Waals surface area contributed by atoms with Crippen LogP contribution in [0.1, 0.15) is 0 Å². The van der Waals surface area contributed by atoms with E-state index in [9.17, 15) is 9.59 Å². The molecular formula is C16H20N4O3. The average Bonchev–Trinajstić information content (AvgIpc) is 2.59. The van der Waals surface area contributed by atoms with E-state index in [0.717, 1.165) is 42.2 Å². The second kappa shape index (κ2) is 6.29. The smallest absolute Gasteiger partial charge is 0.332 e. The van der Waals surface area contributed by atoms with Crippen LogP contribution in [0.3, 0.4) is 0 Å². The van der Waals surface area contributed by atoms with E-state index in [1.54, 1.807) is 7.05 Å². The lowest BCUT2D eigenvalue weighted by Gasteiger charge is -2.29. The van der Waals surface area contributed by atoms with Gasteiger partial charge in [-0.3, -0.25) is 13.9 Å². The Morgan fingerprint density at radius 3 is 2.30 bits per heavy atom. The fourth-order valence-corrected chi connectivity index (χ4v) is 2.58. The highest BCUT2D eigenvalue weighted by atomic mass is 16.5. The molecule has 1 aromatic carbocycles. The van der Waals surface area contributed by atoms with Gasteiger partial charge in [0.2, 0.25) is 0 Å². The Bertz CT molecular complexity index is 802. The topological polar surface area (TPSA) is 68.5 Å². The molecule has 2 aromatic rings. The molecular weight excluding hydrogens is 296 g/mol. The van der Waals surface area contributed by atoms with Crippen LogP contribution in [-0.2, 0) is 18.8 Å². The van der Waals surface area contributed by atoms with Crippen molar-refractivity contribution in [3.63, 3.8) is 0 Å². The van der Waals surface area contributed by atoms with E-state index in [4.69, 9.17) is 4.74 Å². The second-order valence-electron chi connectivity index (χ2n) is 5.54. The zero-order valence-corrected chi connectivity index (χ0v) is 13.3. The van der Waals surface area contributed by atoms with Gasteiger partial charge in [0.1, 0.15) is 5.82 Å². The molecule has 2 heterocycles. The number of nitrogens with one attached hydrogen (secondary N) is 1. The van der Waals surface area contributed by atoms with Gasteiger partial charge >= 0.3 is 5.69 Å². The summed E-state index contributed by atoms with van der Waals surface area (Å²) in [5, 5.41) is 3.12. The van der Waals surface area contributed by atoms with Crippen LogP contribution in [0, 0.1) is 0 Å². The van der Waals surface area contributed by atoms with E-state index in [1.807, 2.05) is 24.3 Å². The van der Waals surface area contributed by atoms with Crippen LogP contribution in [0.4, 0.5) is 17.2 Å². The van der Waals surface area contributed by atoms with Crippen LogP contribution in [0.2, 0.25) is 0 Å². The molecule has 0 bridgehead atoms. The lowest BCUT2D eigenvalue weighted by molar-refractivity contribution is 0.122. The summed E-state index contributed by atoms with van der Waals surface area (Å²) in [6, 6.07) is 9.33. The molecule has 122 valence electrons. The van der Waals surface area contributed by atoms with Crippen molar-refractivity contribution in [1.82, 2.24) is 9.13 Å². The Morgan fingerprint density at radius 2 is 1.65 bits per heavy atom. The van der Waals surface area contributed by atoms with Crippen molar-refractivity contribution in [3.8, 4) is 0 Å². The molecule has 7 nitrogen and oxygen atoms in total. The lowest BCUT2D eigenvalue weighted by Crippen LogP contribution is -2.37. The highest BCUT2D eigenvalue weighted by molar-refractivity contribution is 5.60. The molecule has 0 unspecified atom stereocenters. The summed E-state index contributed by atoms with van der Waals surface area (Å²) in [7, 11) is 3.10. The lowest BCUT2D eigenvalue weighted by atomic mass is 10.2. The van der Waals surface area contributed by atoms with Gasteiger partial charge < -0.3 is 15.0 Å². The minimum atomic E-state index is -0.357. The molecule has 1 aliphatic rings. The number of hydrogen-bond donors (Lipinski definition) is 1. The van der Waals surface area contributed by atoms with Crippen molar-refractivity contribution in [3.05, 3.63) is 51.2 Å². The van der Waals surface area contributed by atoms with Crippen molar-refractivity contribution < 1.29 is 4.74 Å². The maximum absolute atomic E-state index is 11.9. The Kier molecular flexibility index (Phi) is 4.20. The van der Waals surface area contributed by atoms with Crippen LogP contribution in [0.25, 0.3) is 0 Å². The van der Waals surface area contributed by atoms with Gasteiger partial charge in [-0.05, 0) is 24.3 Å². The summed E-state index contributed by atoms with van der Waals surface area (Å²) in [6.07, 6.45) is 0. The maximum atomic E-state index is 11.9. The number of nitrogens with zero attached hydrogens (tertiary/aromatic N) is 3. The van der Waals surface area contributed by atoms with Crippen molar-refractivity contribution in [2.24, 2.45) is 14.1 Å². The fourth-order valence-electron chi connectivity index (χ4n) is 2.58. The summed E-state index contributed by atoms with van der Waals surface area (Å²) in [4.78, 5) is 25.9. The standard InChI is InChI=1S/C16H20N4O3/c1-18-14(11-15(21)19(2)16(18)22)17-12-3-5-13(6-4-12)20-7-9-23-10-8-20/h3-6,11,17H,7-10H2,1-2H3. The van der Waals surface area contributed by atoms with E-state index in [-0.39, 0.29) is 11.2 Å². The molecule has 1 fully saturated rings. The third-order valence-electron chi connectivity index (χ3n) is 4.04. The summed E-state index contributed by atoms with van der Waals surface area (Å²) in [5.41, 5.74) is 1.27. The summed E-state index contributed by atoms with van der Waals surface area (Å²) in [6.45, 7) is 3.26. The van der Waals surface area contributed by atoms with Crippen LogP contribution in [0.5, 0.6) is 0 Å². The first-order valence-corrected chi connectivity index (χ1v) is 7.53. The number of anilines is 3. The number of aromatic nitrogens is 2. The molecule has 1 saturated heterocycles. The average molecular weight is 316 g/mol. The third-order valence-corrected chi connectivity index (χ3v) is 4.04. The van der Waals surface area contributed by atoms with E-state index < -0.39 is 0 Å². The Balaban J connectivity index is 1.81. The van der Waals surface area contributed by atoms with Crippen molar-refractivity contribution in [2.45, 2.75) is 0 Å². The predicted molar refractivity (Wildman–Crippen MR) is 89.7 cm³/mol. The van der Waals surface area contributed by atoms with E-state index in [0.29, 0.717) is 5.82 Å². The van der Waals surface area contributed by atoms with Gasteiger partial charge in [0, 0.05) is 44.6 Å². The molecule has 0 radical (unpaired) electrons. The van der Waals surface area contributed by atoms with Gasteiger partial charge in [0.25, 0.3) is 5.56 Å². The number of hydrogen-bond acceptors (Lipinski definition) is 5. The van der Waals surface area contributed by atoms with Crippen LogP contribution in [-0.4, -0.2) is 35.4 Å². The molecule has 0 spiro atoms. The second-order valence-corrected chi connectivity index (χ2v) is 5.54. The van der Waals surface area contributed by atoms with Crippen LogP contribution < -0.4 is 21.5 Å². The first-order chi connectivity index (χ1) is 11.1. The first-order valence-electron chi connectivity index (χ1n) is 7.53. The van der Waals surface area contributed by atoms with Crippen LogP contribution in [0.15, 0.2) is 39.9 Å². The van der Waals surface area contributed by atoms with E-state index >= 15 is 0 Å². The highest BCUT2D eigenvalue weighted by Crippen LogP contribution is 2.20. The zero-order chi connectivity index (χ0) is 16.4. The monoisotopic (exact) mass is 316 g/mol. The molecule has 3 rings (SSSR count). The predicted octanol–water partition coefficient (Wildman–Crippen LogP) is 0.664. The molecule has 0 amide bonds. The quantitative estimate of drug-likeness (QED) is 0.901. The van der Waals surface area contributed by atoms with E-state index in [2.05, 4.69) is 10.2 Å². The molecule has 23 heavy (non-hydrogen) atoms. The van der Waals surface area contributed by atoms with Gasteiger partial charge in [-0.2, -0.15) is 0 Å². The van der Waals surface area contributed by atoms with E-state index in [1.165, 1.54) is 17.7 Å². The molecule has 1 aromatic heterocycles. The molecule has 7 heteroatoms. The summed E-state index contributed by atoms with van der Waals surface area (Å²) >= 11 is 0. The maximum Gasteiger partial charge on any atom is 0.332 e. The van der Waals surface area contributed by atoms with Gasteiger partial charge in [0.05, 0.1) is 13.2 Å². The Hall–Kier alpha value is -2.54. The van der Waals surface area contributed by atoms with Crippen molar-refractivity contribution >= 4 is 17.2 Å². The zero-order valence-electron chi connectivity index (χ0n) is 13.3. The fraction of sp³-hybridized carbons (Fsp3) is 0.375. The SMILES string of the molecule is Cn1c(Nc2ccc(N3CCOCC3)cc2)cc(=O)n(C)c1=O. The van der Waals surface area contributed by atoms with Crippen molar-refractivity contribution in [1.29, 1.82) is 0 Å². The number of ether oxygens (including phenoxy) is 1. The first kappa shape index (κ1) is 15.4. The molecule has 1 N–H and O–H groups in total. The third kappa shape index (κ3) is 3.14. The van der Waals surface area contributed by atoms with Gasteiger partial charge in [-0.25, -0.2) is 4.79 Å². The normalized spacial score (nSPS) is 14.8. The summed E-state index contributed by atoms with van der Waals surface area (Å²) < 4.78 is 7.84. The van der Waals surface area contributed by atoms with Crippen molar-refractivity contribution in [2.75, 3.05) is 36.5 Å². The molecule has 0 atom stereocenters. The van der Waals surface area contributed by atoms with Gasteiger partial charge in [-0.15, -0.1) is 0 Å².